The Hall–Kier alpha value is -1.46. The van der Waals surface area contributed by atoms with Crippen molar-refractivity contribution in [1.82, 2.24) is 10.6 Å². The molecule has 0 bridgehead atoms. The SMILES string of the molecule is C#CCNC(=NCC1(c2ccc(OC)cc2)CCOCC1)NCC.I. The maximum atomic E-state index is 5.58. The van der Waals surface area contributed by atoms with Gasteiger partial charge in [0.2, 0.25) is 0 Å². The summed E-state index contributed by atoms with van der Waals surface area (Å²) in [6.07, 6.45) is 7.24. The van der Waals surface area contributed by atoms with Crippen LogP contribution in [0.2, 0.25) is 0 Å². The molecule has 0 unspecified atom stereocenters. The minimum absolute atomic E-state index is 0. The Morgan fingerprint density at radius 2 is 1.96 bits per heavy atom. The van der Waals surface area contributed by atoms with E-state index in [1.165, 1.54) is 5.56 Å². The summed E-state index contributed by atoms with van der Waals surface area (Å²) in [7, 11) is 1.68. The zero-order chi connectivity index (χ0) is 17.3. The van der Waals surface area contributed by atoms with E-state index in [0.717, 1.165) is 44.3 Å². The molecule has 0 atom stereocenters. The fourth-order valence-electron chi connectivity index (χ4n) is 2.95. The zero-order valence-electron chi connectivity index (χ0n) is 15.0. The Kier molecular flexibility index (Phi) is 9.68. The number of hydrogen-bond donors (Lipinski definition) is 2. The molecule has 138 valence electrons. The Morgan fingerprint density at radius 3 is 2.52 bits per heavy atom. The van der Waals surface area contributed by atoms with Crippen molar-refractivity contribution in [3.63, 3.8) is 0 Å². The number of guanidine groups is 1. The highest BCUT2D eigenvalue weighted by Gasteiger charge is 2.34. The first-order valence-electron chi connectivity index (χ1n) is 8.42. The fraction of sp³-hybridized carbons (Fsp3) is 0.526. The lowest BCUT2D eigenvalue weighted by Crippen LogP contribution is -2.41. The molecule has 1 fully saturated rings. The fourth-order valence-corrected chi connectivity index (χ4v) is 2.95. The molecule has 6 heteroatoms. The van der Waals surface area contributed by atoms with Gasteiger partial charge in [0.1, 0.15) is 5.75 Å². The van der Waals surface area contributed by atoms with Gasteiger partial charge in [0.25, 0.3) is 0 Å². The molecule has 2 N–H and O–H groups in total. The predicted molar refractivity (Wildman–Crippen MR) is 113 cm³/mol. The highest BCUT2D eigenvalue weighted by molar-refractivity contribution is 14.0. The molecule has 1 saturated heterocycles. The van der Waals surface area contributed by atoms with Gasteiger partial charge < -0.3 is 20.1 Å². The second kappa shape index (κ2) is 11.2. The van der Waals surface area contributed by atoms with Crippen molar-refractivity contribution in [1.29, 1.82) is 0 Å². The Balaban J connectivity index is 0.00000312. The van der Waals surface area contributed by atoms with Crippen LogP contribution >= 0.6 is 24.0 Å². The van der Waals surface area contributed by atoms with E-state index in [-0.39, 0.29) is 29.4 Å². The maximum Gasteiger partial charge on any atom is 0.192 e. The lowest BCUT2D eigenvalue weighted by Gasteiger charge is -2.36. The van der Waals surface area contributed by atoms with Crippen LogP contribution < -0.4 is 15.4 Å². The molecule has 0 saturated carbocycles. The molecule has 25 heavy (non-hydrogen) atoms. The summed E-state index contributed by atoms with van der Waals surface area (Å²) in [5.74, 6) is 4.21. The highest BCUT2D eigenvalue weighted by Crippen LogP contribution is 2.36. The van der Waals surface area contributed by atoms with Gasteiger partial charge in [-0.15, -0.1) is 30.4 Å². The molecule has 1 aliphatic heterocycles. The van der Waals surface area contributed by atoms with E-state index in [9.17, 15) is 0 Å². The third kappa shape index (κ3) is 6.08. The summed E-state index contributed by atoms with van der Waals surface area (Å²) in [6, 6.07) is 8.30. The molecule has 0 aromatic heterocycles. The van der Waals surface area contributed by atoms with Crippen molar-refractivity contribution in [2.24, 2.45) is 4.99 Å². The highest BCUT2D eigenvalue weighted by atomic mass is 127. The molecule has 0 aliphatic carbocycles. The predicted octanol–water partition coefficient (Wildman–Crippen LogP) is 2.55. The van der Waals surface area contributed by atoms with Crippen LogP contribution in [0.25, 0.3) is 0 Å². The molecule has 1 aromatic rings. The van der Waals surface area contributed by atoms with Crippen molar-refractivity contribution in [3.8, 4) is 18.1 Å². The van der Waals surface area contributed by atoms with Gasteiger partial charge in [-0.25, -0.2) is 0 Å². The summed E-state index contributed by atoms with van der Waals surface area (Å²) in [4.78, 5) is 4.78. The van der Waals surface area contributed by atoms with Gasteiger partial charge in [-0.1, -0.05) is 18.1 Å². The average molecular weight is 457 g/mol. The summed E-state index contributed by atoms with van der Waals surface area (Å²) in [6.45, 7) is 5.52. The Morgan fingerprint density at radius 1 is 1.28 bits per heavy atom. The second-order valence-electron chi connectivity index (χ2n) is 5.87. The van der Waals surface area contributed by atoms with E-state index >= 15 is 0 Å². The van der Waals surface area contributed by atoms with Gasteiger partial charge in [-0.2, -0.15) is 0 Å². The molecular weight excluding hydrogens is 429 g/mol. The van der Waals surface area contributed by atoms with Crippen LogP contribution in [-0.2, 0) is 10.2 Å². The number of benzene rings is 1. The lowest BCUT2D eigenvalue weighted by atomic mass is 9.74. The van der Waals surface area contributed by atoms with Gasteiger partial charge in [0, 0.05) is 25.2 Å². The second-order valence-corrected chi connectivity index (χ2v) is 5.87. The number of ether oxygens (including phenoxy) is 2. The first-order chi connectivity index (χ1) is 11.7. The third-order valence-corrected chi connectivity index (χ3v) is 4.39. The quantitative estimate of drug-likeness (QED) is 0.299. The van der Waals surface area contributed by atoms with Crippen molar-refractivity contribution in [2.45, 2.75) is 25.2 Å². The lowest BCUT2D eigenvalue weighted by molar-refractivity contribution is 0.0531. The van der Waals surface area contributed by atoms with E-state index in [0.29, 0.717) is 13.1 Å². The number of terminal acetylenes is 1. The number of aliphatic imine (C=N–C) groups is 1. The van der Waals surface area contributed by atoms with Crippen LogP contribution in [0.1, 0.15) is 25.3 Å². The van der Waals surface area contributed by atoms with Crippen molar-refractivity contribution in [2.75, 3.05) is 40.0 Å². The van der Waals surface area contributed by atoms with Crippen molar-refractivity contribution >= 4 is 29.9 Å². The molecule has 0 amide bonds. The summed E-state index contributed by atoms with van der Waals surface area (Å²) < 4.78 is 10.9. The molecular formula is C19H28IN3O2. The molecule has 1 aromatic carbocycles. The van der Waals surface area contributed by atoms with Crippen molar-refractivity contribution in [3.05, 3.63) is 29.8 Å². The van der Waals surface area contributed by atoms with Gasteiger partial charge in [-0.05, 0) is 37.5 Å². The zero-order valence-corrected chi connectivity index (χ0v) is 17.3. The first-order valence-corrected chi connectivity index (χ1v) is 8.42. The monoisotopic (exact) mass is 457 g/mol. The van der Waals surface area contributed by atoms with Crippen LogP contribution in [0.15, 0.2) is 29.3 Å². The average Bonchev–Trinajstić information content (AvgIpc) is 2.65. The van der Waals surface area contributed by atoms with E-state index in [1.807, 2.05) is 19.1 Å². The minimum atomic E-state index is -0.0109. The van der Waals surface area contributed by atoms with Crippen LogP contribution in [0, 0.1) is 12.3 Å². The summed E-state index contributed by atoms with van der Waals surface area (Å²) in [5, 5.41) is 6.38. The van der Waals surface area contributed by atoms with E-state index in [1.54, 1.807) is 7.11 Å². The largest absolute Gasteiger partial charge is 0.497 e. The number of hydrogen-bond acceptors (Lipinski definition) is 3. The molecule has 1 aliphatic rings. The number of methoxy groups -OCH3 is 1. The molecule has 5 nitrogen and oxygen atoms in total. The van der Waals surface area contributed by atoms with Gasteiger partial charge in [0.05, 0.1) is 20.2 Å². The van der Waals surface area contributed by atoms with E-state index in [2.05, 4.69) is 28.7 Å². The summed E-state index contributed by atoms with van der Waals surface area (Å²) >= 11 is 0. The summed E-state index contributed by atoms with van der Waals surface area (Å²) in [5.41, 5.74) is 1.27. The van der Waals surface area contributed by atoms with E-state index < -0.39 is 0 Å². The Bertz CT molecular complexity index is 575. The van der Waals surface area contributed by atoms with Gasteiger partial charge in [-0.3, -0.25) is 4.99 Å². The molecule has 1 heterocycles. The Labute approximate surface area is 168 Å². The standard InChI is InChI=1S/C19H27N3O2.HI/c1-4-12-21-18(20-5-2)22-15-19(10-13-24-14-11-19)16-6-8-17(23-3)9-7-16;/h1,6-9H,5,10-15H2,2-3H3,(H2,20,21,22);1H. The molecule has 0 radical (unpaired) electrons. The number of nitrogens with zero attached hydrogens (tertiary/aromatic N) is 1. The van der Waals surface area contributed by atoms with Crippen molar-refractivity contribution < 1.29 is 9.47 Å². The maximum absolute atomic E-state index is 5.58. The van der Waals surface area contributed by atoms with Crippen LogP contribution in [0.5, 0.6) is 5.75 Å². The van der Waals surface area contributed by atoms with E-state index in [4.69, 9.17) is 20.9 Å². The van der Waals surface area contributed by atoms with Crippen LogP contribution in [0.4, 0.5) is 0 Å². The molecule has 2 rings (SSSR count). The van der Waals surface area contributed by atoms with Gasteiger partial charge in [0.15, 0.2) is 5.96 Å². The number of nitrogens with one attached hydrogen (secondary N) is 2. The van der Waals surface area contributed by atoms with Gasteiger partial charge >= 0.3 is 0 Å². The number of halogens is 1. The molecule has 0 spiro atoms. The first kappa shape index (κ1) is 21.6. The third-order valence-electron chi connectivity index (χ3n) is 4.39. The van der Waals surface area contributed by atoms with Crippen LogP contribution in [-0.4, -0.2) is 45.9 Å². The minimum Gasteiger partial charge on any atom is -0.497 e. The normalized spacial score (nSPS) is 16.3. The van der Waals surface area contributed by atoms with Crippen LogP contribution in [0.3, 0.4) is 0 Å². The topological polar surface area (TPSA) is 54.9 Å². The smallest absolute Gasteiger partial charge is 0.192 e. The number of rotatable bonds is 6.